The van der Waals surface area contributed by atoms with Crippen LogP contribution in [0, 0.1) is 0 Å². The molecule has 0 saturated heterocycles. The van der Waals surface area contributed by atoms with E-state index in [4.69, 9.17) is 0 Å². The molecule has 0 spiro atoms. The summed E-state index contributed by atoms with van der Waals surface area (Å²) in [5, 5.41) is 3.10. The highest BCUT2D eigenvalue weighted by Crippen LogP contribution is 1.98. The van der Waals surface area contributed by atoms with Crippen LogP contribution in [0.15, 0.2) is 11.6 Å². The van der Waals surface area contributed by atoms with Gasteiger partial charge in [0.25, 0.3) is 0 Å². The van der Waals surface area contributed by atoms with E-state index in [1.54, 1.807) is 0 Å². The molecule has 0 fully saturated rings. The first-order valence-electron chi connectivity index (χ1n) is 4.61. The molecule has 0 rings (SSSR count). The van der Waals surface area contributed by atoms with Crippen LogP contribution in [-0.4, -0.2) is 13.6 Å². The zero-order valence-electron chi connectivity index (χ0n) is 8.70. The average Bonchev–Trinajstić information content (AvgIpc) is 2.08. The summed E-state index contributed by atoms with van der Waals surface area (Å²) in [7, 11) is 1.98. The second-order valence-corrected chi connectivity index (χ2v) is 2.30. The monoisotopic (exact) mass is 157 g/mol. The fraction of sp³-hybridized carbons (Fsp3) is 0.800. The third-order valence-corrected chi connectivity index (χ3v) is 1.44. The third kappa shape index (κ3) is 12.8. The molecule has 0 amide bonds. The molecule has 0 aliphatic heterocycles. The van der Waals surface area contributed by atoms with Gasteiger partial charge in [0, 0.05) is 0 Å². The van der Waals surface area contributed by atoms with Gasteiger partial charge in [-0.3, -0.25) is 0 Å². The Morgan fingerprint density at radius 3 is 2.27 bits per heavy atom. The van der Waals surface area contributed by atoms with Crippen LogP contribution in [0.4, 0.5) is 0 Å². The molecule has 1 N–H and O–H groups in total. The van der Waals surface area contributed by atoms with Gasteiger partial charge in [-0.05, 0) is 33.4 Å². The van der Waals surface area contributed by atoms with Crippen molar-refractivity contribution in [3.63, 3.8) is 0 Å². The fourth-order valence-corrected chi connectivity index (χ4v) is 0.607. The highest BCUT2D eigenvalue weighted by molar-refractivity contribution is 4.96. The second kappa shape index (κ2) is 12.4. The minimum atomic E-state index is 1.09. The molecule has 0 saturated carbocycles. The Labute approximate surface area is 71.9 Å². The molecule has 0 aromatic rings. The van der Waals surface area contributed by atoms with Gasteiger partial charge in [-0.2, -0.15) is 0 Å². The van der Waals surface area contributed by atoms with Crippen molar-refractivity contribution in [2.45, 2.75) is 40.5 Å². The number of hydrogen-bond donors (Lipinski definition) is 1. The van der Waals surface area contributed by atoms with Gasteiger partial charge in [-0.25, -0.2) is 0 Å². The van der Waals surface area contributed by atoms with Gasteiger partial charge in [0.1, 0.15) is 0 Å². The van der Waals surface area contributed by atoms with E-state index in [2.05, 4.69) is 25.2 Å². The highest BCUT2D eigenvalue weighted by atomic mass is 14.8. The van der Waals surface area contributed by atoms with Crippen LogP contribution in [0.5, 0.6) is 0 Å². The van der Waals surface area contributed by atoms with Gasteiger partial charge in [0.05, 0.1) is 0 Å². The minimum Gasteiger partial charge on any atom is -0.319 e. The van der Waals surface area contributed by atoms with E-state index in [1.807, 2.05) is 20.9 Å². The molecular weight excluding hydrogens is 134 g/mol. The molecule has 0 unspecified atom stereocenters. The zero-order chi connectivity index (χ0) is 9.11. The first-order valence-corrected chi connectivity index (χ1v) is 4.61. The normalized spacial score (nSPS) is 10.5. The third-order valence-electron chi connectivity index (χ3n) is 1.44. The van der Waals surface area contributed by atoms with E-state index >= 15 is 0 Å². The maximum atomic E-state index is 3.10. The van der Waals surface area contributed by atoms with Crippen LogP contribution in [0.2, 0.25) is 0 Å². The maximum absolute atomic E-state index is 3.10. The summed E-state index contributed by atoms with van der Waals surface area (Å²) in [4.78, 5) is 0. The molecule has 1 nitrogen and oxygen atoms in total. The fourth-order valence-electron chi connectivity index (χ4n) is 0.607. The van der Waals surface area contributed by atoms with Gasteiger partial charge in [0.2, 0.25) is 0 Å². The Morgan fingerprint density at radius 2 is 1.91 bits per heavy atom. The van der Waals surface area contributed by atoms with Crippen molar-refractivity contribution >= 4 is 0 Å². The lowest BCUT2D eigenvalue weighted by Gasteiger charge is -1.94. The summed E-state index contributed by atoms with van der Waals surface area (Å²) in [5.74, 6) is 0. The molecule has 0 aromatic heterocycles. The molecule has 0 radical (unpaired) electrons. The van der Waals surface area contributed by atoms with E-state index in [0.29, 0.717) is 0 Å². The van der Waals surface area contributed by atoms with E-state index in [1.165, 1.54) is 12.0 Å². The Hall–Kier alpha value is -0.300. The molecule has 68 valence electrons. The Kier molecular flexibility index (Phi) is 15.0. The highest BCUT2D eigenvalue weighted by Gasteiger charge is 1.81. The van der Waals surface area contributed by atoms with E-state index in [0.717, 1.165) is 13.0 Å². The first kappa shape index (κ1) is 13.3. The van der Waals surface area contributed by atoms with E-state index < -0.39 is 0 Å². The Bertz CT molecular complexity index is 84.9. The van der Waals surface area contributed by atoms with Crippen molar-refractivity contribution in [2.75, 3.05) is 13.6 Å². The number of rotatable bonds is 4. The SMILES string of the molecule is CC.CC/C(C)=C/CCNC. The molecule has 0 aliphatic carbocycles. The quantitative estimate of drug-likeness (QED) is 0.488. The van der Waals surface area contributed by atoms with Crippen molar-refractivity contribution in [2.24, 2.45) is 0 Å². The van der Waals surface area contributed by atoms with Crippen molar-refractivity contribution in [1.29, 1.82) is 0 Å². The van der Waals surface area contributed by atoms with Crippen LogP contribution < -0.4 is 5.32 Å². The summed E-state index contributed by atoms with van der Waals surface area (Å²) in [6.45, 7) is 9.46. The van der Waals surface area contributed by atoms with Gasteiger partial charge in [-0.1, -0.05) is 32.4 Å². The summed E-state index contributed by atoms with van der Waals surface area (Å²) in [6, 6.07) is 0. The van der Waals surface area contributed by atoms with Gasteiger partial charge < -0.3 is 5.32 Å². The molecule has 0 atom stereocenters. The topological polar surface area (TPSA) is 12.0 Å². The van der Waals surface area contributed by atoms with Crippen LogP contribution >= 0.6 is 0 Å². The Morgan fingerprint density at radius 1 is 1.36 bits per heavy atom. The average molecular weight is 157 g/mol. The van der Waals surface area contributed by atoms with Crippen molar-refractivity contribution in [1.82, 2.24) is 5.32 Å². The van der Waals surface area contributed by atoms with E-state index in [9.17, 15) is 0 Å². The van der Waals surface area contributed by atoms with Crippen LogP contribution in [-0.2, 0) is 0 Å². The van der Waals surface area contributed by atoms with Crippen molar-refractivity contribution < 1.29 is 0 Å². The van der Waals surface area contributed by atoms with Gasteiger partial charge in [0.15, 0.2) is 0 Å². The summed E-state index contributed by atoms with van der Waals surface area (Å²) >= 11 is 0. The Balaban J connectivity index is 0. The first-order chi connectivity index (χ1) is 5.31. The lowest BCUT2D eigenvalue weighted by molar-refractivity contribution is 0.802. The molecule has 1 heteroatoms. The predicted octanol–water partition coefficient (Wildman–Crippen LogP) is 2.98. The molecule has 0 bridgehead atoms. The molecular formula is C10H23N. The number of allylic oxidation sites excluding steroid dienone is 1. The second-order valence-electron chi connectivity index (χ2n) is 2.30. The lowest BCUT2D eigenvalue weighted by Crippen LogP contribution is -2.05. The van der Waals surface area contributed by atoms with Gasteiger partial charge >= 0.3 is 0 Å². The summed E-state index contributed by atoms with van der Waals surface area (Å²) in [5.41, 5.74) is 1.49. The largest absolute Gasteiger partial charge is 0.319 e. The smallest absolute Gasteiger partial charge is 0.00172 e. The maximum Gasteiger partial charge on any atom is -0.00172 e. The summed E-state index contributed by atoms with van der Waals surface area (Å²) in [6.07, 6.45) is 4.64. The van der Waals surface area contributed by atoms with Crippen LogP contribution in [0.1, 0.15) is 40.5 Å². The van der Waals surface area contributed by atoms with Crippen LogP contribution in [0.3, 0.4) is 0 Å². The standard InChI is InChI=1S/C8H17N.C2H6/c1-4-8(2)6-5-7-9-3;1-2/h6,9H,4-5,7H2,1-3H3;1-2H3/b8-6+;. The van der Waals surface area contributed by atoms with Crippen LogP contribution in [0.25, 0.3) is 0 Å². The molecule has 11 heavy (non-hydrogen) atoms. The molecule has 0 heterocycles. The predicted molar refractivity (Wildman–Crippen MR) is 53.9 cm³/mol. The zero-order valence-corrected chi connectivity index (χ0v) is 8.70. The minimum absolute atomic E-state index is 1.09. The van der Waals surface area contributed by atoms with Gasteiger partial charge in [-0.15, -0.1) is 0 Å². The molecule has 0 aliphatic rings. The number of nitrogens with one attached hydrogen (secondary N) is 1. The molecule has 0 aromatic carbocycles. The van der Waals surface area contributed by atoms with Crippen molar-refractivity contribution in [3.8, 4) is 0 Å². The number of hydrogen-bond acceptors (Lipinski definition) is 1. The van der Waals surface area contributed by atoms with Crippen molar-refractivity contribution in [3.05, 3.63) is 11.6 Å². The lowest BCUT2D eigenvalue weighted by atomic mass is 10.2. The van der Waals surface area contributed by atoms with E-state index in [-0.39, 0.29) is 0 Å². The summed E-state index contributed by atoms with van der Waals surface area (Å²) < 4.78 is 0.